The number of nitrogens with zero attached hydrogens (tertiary/aromatic N) is 2. The molecule has 1 aromatic carbocycles. The lowest BCUT2D eigenvalue weighted by Gasteiger charge is -2.28. The van der Waals surface area contributed by atoms with Crippen molar-refractivity contribution in [1.29, 1.82) is 0 Å². The van der Waals surface area contributed by atoms with E-state index < -0.39 is 15.1 Å². The number of rotatable bonds is 6. The van der Waals surface area contributed by atoms with Crippen molar-refractivity contribution in [2.24, 2.45) is 0 Å². The average molecular weight is 339 g/mol. The van der Waals surface area contributed by atoms with Gasteiger partial charge in [0.1, 0.15) is 5.82 Å². The molecule has 0 amide bonds. The number of halogens is 1. The summed E-state index contributed by atoms with van der Waals surface area (Å²) in [6, 6.07) is 6.04. The Kier molecular flexibility index (Phi) is 5.21. The first-order valence-electron chi connectivity index (χ1n) is 7.37. The summed E-state index contributed by atoms with van der Waals surface area (Å²) < 4.78 is 36.5. The maximum Gasteiger partial charge on any atom is 0.151 e. The second-order valence-electron chi connectivity index (χ2n) is 5.97. The van der Waals surface area contributed by atoms with Crippen LogP contribution in [0.2, 0.25) is 0 Å². The molecule has 1 heterocycles. The maximum atomic E-state index is 13.1. The highest BCUT2D eigenvalue weighted by atomic mass is 32.2. The first kappa shape index (κ1) is 17.6. The molecule has 0 fully saturated rings. The Morgan fingerprint density at radius 3 is 2.43 bits per heavy atom. The molecule has 1 aromatic heterocycles. The quantitative estimate of drug-likeness (QED) is 0.878. The normalized spacial score (nSPS) is 14.9. The van der Waals surface area contributed by atoms with Crippen molar-refractivity contribution in [2.45, 2.75) is 31.7 Å². The van der Waals surface area contributed by atoms with Crippen molar-refractivity contribution in [3.63, 3.8) is 0 Å². The number of benzene rings is 1. The van der Waals surface area contributed by atoms with E-state index in [0.717, 1.165) is 16.8 Å². The summed E-state index contributed by atoms with van der Waals surface area (Å²) >= 11 is 0. The third-order valence-electron chi connectivity index (χ3n) is 4.32. The van der Waals surface area contributed by atoms with Crippen LogP contribution in [0.5, 0.6) is 0 Å². The van der Waals surface area contributed by atoms with E-state index in [9.17, 15) is 12.8 Å². The Morgan fingerprint density at radius 1 is 1.26 bits per heavy atom. The fraction of sp³-hybridized carbons (Fsp3) is 0.438. The average Bonchev–Trinajstić information content (AvgIpc) is 2.93. The van der Waals surface area contributed by atoms with E-state index in [1.807, 2.05) is 18.9 Å². The summed E-state index contributed by atoms with van der Waals surface area (Å²) in [5.74, 6) is -0.289. The zero-order valence-electron chi connectivity index (χ0n) is 13.7. The molecule has 0 aliphatic carbocycles. The van der Waals surface area contributed by atoms with E-state index in [-0.39, 0.29) is 11.9 Å². The number of H-pyrrole nitrogens is 1. The van der Waals surface area contributed by atoms with Gasteiger partial charge in [-0.05, 0) is 45.2 Å². The Balaban J connectivity index is 2.18. The van der Waals surface area contributed by atoms with Crippen LogP contribution in [0.15, 0.2) is 30.5 Å². The fourth-order valence-corrected chi connectivity index (χ4v) is 3.35. The van der Waals surface area contributed by atoms with Gasteiger partial charge in [0, 0.05) is 30.0 Å². The van der Waals surface area contributed by atoms with Crippen LogP contribution >= 0.6 is 0 Å². The zero-order valence-corrected chi connectivity index (χ0v) is 14.6. The van der Waals surface area contributed by atoms with Crippen molar-refractivity contribution in [3.8, 4) is 11.3 Å². The van der Waals surface area contributed by atoms with E-state index in [0.29, 0.717) is 6.54 Å². The molecule has 0 unspecified atom stereocenters. The molecule has 0 spiro atoms. The van der Waals surface area contributed by atoms with Crippen LogP contribution in [0.4, 0.5) is 4.39 Å². The number of sulfone groups is 1. The van der Waals surface area contributed by atoms with Crippen molar-refractivity contribution < 1.29 is 12.8 Å². The van der Waals surface area contributed by atoms with E-state index in [4.69, 9.17) is 0 Å². The van der Waals surface area contributed by atoms with Gasteiger partial charge in [0.25, 0.3) is 0 Å². The SMILES string of the molecule is C[C@H]([C@@H](C)S(C)(=O)=O)N(C)Cc1cn[nH]c1-c1ccc(F)cc1. The van der Waals surface area contributed by atoms with Crippen LogP contribution in [0.3, 0.4) is 0 Å². The second-order valence-corrected chi connectivity index (χ2v) is 8.37. The lowest BCUT2D eigenvalue weighted by molar-refractivity contribution is 0.245. The van der Waals surface area contributed by atoms with Crippen molar-refractivity contribution in [1.82, 2.24) is 15.1 Å². The first-order valence-corrected chi connectivity index (χ1v) is 9.33. The zero-order chi connectivity index (χ0) is 17.2. The number of aromatic amines is 1. The highest BCUT2D eigenvalue weighted by Gasteiger charge is 2.26. The molecule has 0 aliphatic heterocycles. The van der Waals surface area contributed by atoms with Crippen LogP contribution in [-0.4, -0.2) is 48.1 Å². The van der Waals surface area contributed by atoms with Crippen LogP contribution in [0.1, 0.15) is 19.4 Å². The van der Waals surface area contributed by atoms with Gasteiger partial charge in [-0.25, -0.2) is 12.8 Å². The van der Waals surface area contributed by atoms with Crippen LogP contribution < -0.4 is 0 Å². The molecule has 2 aromatic rings. The summed E-state index contributed by atoms with van der Waals surface area (Å²) in [5.41, 5.74) is 2.60. The second kappa shape index (κ2) is 6.80. The lowest BCUT2D eigenvalue weighted by Crippen LogP contribution is -2.40. The molecule has 0 saturated carbocycles. The smallest absolute Gasteiger partial charge is 0.151 e. The largest absolute Gasteiger partial charge is 0.298 e. The predicted molar refractivity (Wildman–Crippen MR) is 89.2 cm³/mol. The van der Waals surface area contributed by atoms with Gasteiger partial charge in [-0.15, -0.1) is 0 Å². The molecule has 5 nitrogen and oxygen atoms in total. The Bertz CT molecular complexity index is 756. The molecule has 2 atom stereocenters. The summed E-state index contributed by atoms with van der Waals surface area (Å²) in [6.07, 6.45) is 2.97. The standard InChI is InChI=1S/C16H22FN3O2S/c1-11(12(2)23(4,21)22)20(3)10-14-9-18-19-16(14)13-5-7-15(17)8-6-13/h5-9,11-12H,10H2,1-4H3,(H,18,19)/t11-,12-/m1/s1. The van der Waals surface area contributed by atoms with Crippen molar-refractivity contribution in [2.75, 3.05) is 13.3 Å². The number of aromatic nitrogens is 2. The molecule has 0 saturated heterocycles. The minimum absolute atomic E-state index is 0.138. The van der Waals surface area contributed by atoms with Crippen molar-refractivity contribution >= 4 is 9.84 Å². The molecular formula is C16H22FN3O2S. The summed E-state index contributed by atoms with van der Waals surface area (Å²) in [4.78, 5) is 1.98. The minimum atomic E-state index is -3.10. The topological polar surface area (TPSA) is 66.1 Å². The van der Waals surface area contributed by atoms with Gasteiger partial charge in [0.15, 0.2) is 9.84 Å². The molecule has 0 bridgehead atoms. The Labute approximate surface area is 136 Å². The summed E-state index contributed by atoms with van der Waals surface area (Å²) in [5, 5.41) is 6.53. The van der Waals surface area contributed by atoms with Crippen LogP contribution in [0.25, 0.3) is 11.3 Å². The summed E-state index contributed by atoms with van der Waals surface area (Å²) in [7, 11) is -1.22. The van der Waals surface area contributed by atoms with Gasteiger partial charge >= 0.3 is 0 Å². The molecule has 23 heavy (non-hydrogen) atoms. The fourth-order valence-electron chi connectivity index (χ4n) is 2.43. The van der Waals surface area contributed by atoms with Gasteiger partial charge in [-0.3, -0.25) is 10.00 Å². The molecule has 0 aliphatic rings. The Morgan fingerprint density at radius 2 is 1.87 bits per heavy atom. The van der Waals surface area contributed by atoms with E-state index in [2.05, 4.69) is 10.2 Å². The van der Waals surface area contributed by atoms with Gasteiger partial charge in [-0.1, -0.05) is 0 Å². The highest BCUT2D eigenvalue weighted by molar-refractivity contribution is 7.91. The number of nitrogens with one attached hydrogen (secondary N) is 1. The first-order chi connectivity index (χ1) is 10.7. The summed E-state index contributed by atoms with van der Waals surface area (Å²) in [6.45, 7) is 4.15. The third-order valence-corrected chi connectivity index (χ3v) is 6.07. The number of hydrogen-bond acceptors (Lipinski definition) is 4. The van der Waals surface area contributed by atoms with Gasteiger partial charge in [0.05, 0.1) is 17.1 Å². The minimum Gasteiger partial charge on any atom is -0.298 e. The third kappa shape index (κ3) is 4.17. The molecular weight excluding hydrogens is 317 g/mol. The van der Waals surface area contributed by atoms with Crippen LogP contribution in [-0.2, 0) is 16.4 Å². The lowest BCUT2D eigenvalue weighted by atomic mass is 10.1. The van der Waals surface area contributed by atoms with Crippen LogP contribution in [0, 0.1) is 5.82 Å². The monoisotopic (exact) mass is 339 g/mol. The predicted octanol–water partition coefficient (Wildman–Crippen LogP) is 2.47. The molecule has 2 rings (SSSR count). The van der Waals surface area contributed by atoms with Crippen molar-refractivity contribution in [3.05, 3.63) is 41.8 Å². The molecule has 1 N–H and O–H groups in total. The Hall–Kier alpha value is -1.73. The highest BCUT2D eigenvalue weighted by Crippen LogP contribution is 2.23. The van der Waals surface area contributed by atoms with E-state index >= 15 is 0 Å². The van der Waals surface area contributed by atoms with E-state index in [1.165, 1.54) is 18.4 Å². The maximum absolute atomic E-state index is 13.1. The number of hydrogen-bond donors (Lipinski definition) is 1. The van der Waals surface area contributed by atoms with Gasteiger partial charge < -0.3 is 0 Å². The van der Waals surface area contributed by atoms with Gasteiger partial charge in [0.2, 0.25) is 0 Å². The van der Waals surface area contributed by atoms with Gasteiger partial charge in [-0.2, -0.15) is 5.10 Å². The molecule has 7 heteroatoms. The van der Waals surface area contributed by atoms with E-state index in [1.54, 1.807) is 25.3 Å². The molecule has 126 valence electrons. The molecule has 0 radical (unpaired) electrons.